The third-order valence-corrected chi connectivity index (χ3v) is 10.2. The van der Waals surface area contributed by atoms with Gasteiger partial charge in [0.1, 0.15) is 30.0 Å². The number of carbonyl (C=O) groups excluding carboxylic acids is 3. The highest BCUT2D eigenvalue weighted by molar-refractivity contribution is 5.89. The summed E-state index contributed by atoms with van der Waals surface area (Å²) >= 11 is 0. The number of Topliss-reactive ketones (excluding diaryl/α,β-unsaturated/α-hetero) is 1. The van der Waals surface area contributed by atoms with Gasteiger partial charge < -0.3 is 45.1 Å². The third-order valence-electron chi connectivity index (χ3n) is 10.2. The first-order valence-electron chi connectivity index (χ1n) is 19.5. The first-order valence-corrected chi connectivity index (χ1v) is 19.5. The number of amides is 2. The first-order chi connectivity index (χ1) is 28.8. The fourth-order valence-electron chi connectivity index (χ4n) is 7.10. The van der Waals surface area contributed by atoms with Crippen molar-refractivity contribution >= 4 is 17.8 Å². The van der Waals surface area contributed by atoms with E-state index < -0.39 is 77.4 Å². The zero-order chi connectivity index (χ0) is 44.5. The SMILES string of the molecule is COC(=O)N[C@H](C(=O)CN[C@@H](Cc1ccc(-c2ccc(OC)nc2)cc1)[C@@H](O)C[C@@H](Cc1cccc(OC(F)(F)F)c1)C(=O)N[C@H]1c2cc(F)ccc2OC[C@H]1O)C(C)(C)C. The van der Waals surface area contributed by atoms with E-state index in [2.05, 4.69) is 25.7 Å². The number of pyridine rings is 1. The van der Waals surface area contributed by atoms with Gasteiger partial charge in [0.05, 0.1) is 39.0 Å². The second-order valence-electron chi connectivity index (χ2n) is 15.8. The minimum absolute atomic E-state index is 0.134. The molecular weight excluding hydrogens is 804 g/mol. The van der Waals surface area contributed by atoms with E-state index in [1.54, 1.807) is 33.0 Å². The van der Waals surface area contributed by atoms with Gasteiger partial charge in [0, 0.05) is 35.3 Å². The quantitative estimate of drug-likeness (QED) is 0.0805. The van der Waals surface area contributed by atoms with Crippen LogP contribution >= 0.6 is 0 Å². The number of halogens is 4. The zero-order valence-electron chi connectivity index (χ0n) is 34.3. The molecule has 0 bridgehead atoms. The van der Waals surface area contributed by atoms with Crippen molar-refractivity contribution in [2.24, 2.45) is 11.3 Å². The Balaban J connectivity index is 1.45. The van der Waals surface area contributed by atoms with Gasteiger partial charge in [0.25, 0.3) is 0 Å². The Kier molecular flexibility index (Phi) is 15.3. The molecule has 1 aromatic heterocycles. The molecule has 0 fully saturated rings. The van der Waals surface area contributed by atoms with Crippen LogP contribution in [0, 0.1) is 17.2 Å². The maximum atomic E-state index is 14.4. The lowest BCUT2D eigenvalue weighted by Gasteiger charge is -2.33. The summed E-state index contributed by atoms with van der Waals surface area (Å²) in [7, 11) is 2.69. The smallest absolute Gasteiger partial charge is 0.490 e. The van der Waals surface area contributed by atoms with Crippen LogP contribution in [0.1, 0.15) is 49.9 Å². The molecule has 2 heterocycles. The molecule has 13 nitrogen and oxygen atoms in total. The van der Waals surface area contributed by atoms with Crippen molar-refractivity contribution in [2.45, 2.75) is 76.7 Å². The largest absolute Gasteiger partial charge is 0.573 e. The summed E-state index contributed by atoms with van der Waals surface area (Å²) in [5.41, 5.74) is 2.09. The number of aliphatic hydroxyl groups is 2. The Labute approximate surface area is 350 Å². The first kappa shape index (κ1) is 46.3. The number of ketones is 1. The van der Waals surface area contributed by atoms with Gasteiger partial charge in [-0.05, 0) is 77.8 Å². The average molecular weight is 855 g/mol. The van der Waals surface area contributed by atoms with Crippen molar-refractivity contribution in [1.82, 2.24) is 20.9 Å². The summed E-state index contributed by atoms with van der Waals surface area (Å²) in [6, 6.07) is 16.6. The van der Waals surface area contributed by atoms with Crippen LogP contribution in [0.4, 0.5) is 22.4 Å². The van der Waals surface area contributed by atoms with Gasteiger partial charge in [-0.15, -0.1) is 13.2 Å². The lowest BCUT2D eigenvalue weighted by Crippen LogP contribution is -2.54. The van der Waals surface area contributed by atoms with Gasteiger partial charge in [-0.1, -0.05) is 57.2 Å². The number of hydrogen-bond donors (Lipinski definition) is 5. The number of alkyl halides is 3. The number of carbonyl (C=O) groups is 3. The van der Waals surface area contributed by atoms with Crippen LogP contribution < -0.4 is 30.2 Å². The van der Waals surface area contributed by atoms with E-state index in [1.165, 1.54) is 38.5 Å². The number of ether oxygens (including phenoxy) is 4. The molecule has 1 aliphatic rings. The standard InChI is InChI=1S/C44H50F4N4O9/c1-43(2,3)40(52-42(57)59-5)35(54)23-49-33(19-25-9-11-27(12-10-25)28-13-16-38(58-4)50-22-28)34(53)20-29(17-26-7-6-8-31(18-26)61-44(46,47)48)41(56)51-39-32-21-30(45)14-15-37(32)60-24-36(39)55/h6-16,18,21-22,29,33-34,36,39-40,49,53,55H,17,19-20,23-24H2,1-5H3,(H,51,56)(H,52,57)/t29-,33+,34+,36-,39+,40-/m1/s1. The van der Waals surface area contributed by atoms with Crippen LogP contribution in [0.3, 0.4) is 0 Å². The fraction of sp³-hybridized carbons (Fsp3) is 0.409. The van der Waals surface area contributed by atoms with Crippen molar-refractivity contribution < 1.29 is 61.1 Å². The second-order valence-corrected chi connectivity index (χ2v) is 15.8. The number of benzene rings is 3. The van der Waals surface area contributed by atoms with Crippen molar-refractivity contribution in [1.29, 1.82) is 0 Å². The van der Waals surface area contributed by atoms with Gasteiger partial charge in [0.2, 0.25) is 11.8 Å². The van der Waals surface area contributed by atoms with Gasteiger partial charge in [-0.3, -0.25) is 9.59 Å². The Morgan fingerprint density at radius 3 is 2.30 bits per heavy atom. The number of fused-ring (bicyclic) bond motifs is 1. The van der Waals surface area contributed by atoms with Crippen LogP contribution in [0.5, 0.6) is 17.4 Å². The number of nitrogens with zero attached hydrogens (tertiary/aromatic N) is 1. The van der Waals surface area contributed by atoms with Gasteiger partial charge in [-0.25, -0.2) is 14.2 Å². The predicted octanol–water partition coefficient (Wildman–Crippen LogP) is 5.86. The highest BCUT2D eigenvalue weighted by atomic mass is 19.4. The van der Waals surface area contributed by atoms with E-state index in [1.807, 2.05) is 30.3 Å². The van der Waals surface area contributed by atoms with E-state index in [0.29, 0.717) is 5.88 Å². The highest BCUT2D eigenvalue weighted by Gasteiger charge is 2.37. The van der Waals surface area contributed by atoms with Gasteiger partial charge in [0.15, 0.2) is 5.78 Å². The molecule has 0 aliphatic carbocycles. The molecule has 0 saturated carbocycles. The molecule has 4 aromatic rings. The second kappa shape index (κ2) is 20.2. The van der Waals surface area contributed by atoms with E-state index in [4.69, 9.17) is 14.2 Å². The molecule has 0 radical (unpaired) electrons. The van der Waals surface area contributed by atoms with Crippen molar-refractivity contribution in [2.75, 3.05) is 27.4 Å². The predicted molar refractivity (Wildman–Crippen MR) is 215 cm³/mol. The fourth-order valence-corrected chi connectivity index (χ4v) is 7.10. The number of rotatable bonds is 17. The third kappa shape index (κ3) is 13.1. The number of nitrogens with one attached hydrogen (secondary N) is 3. The molecule has 0 spiro atoms. The van der Waals surface area contributed by atoms with Crippen molar-refractivity contribution in [3.05, 3.63) is 108 Å². The summed E-state index contributed by atoms with van der Waals surface area (Å²) in [5, 5.41) is 31.4. The van der Waals surface area contributed by atoms with E-state index in [9.17, 15) is 42.2 Å². The van der Waals surface area contributed by atoms with E-state index in [0.717, 1.165) is 34.9 Å². The number of aliphatic hydroxyl groups excluding tert-OH is 2. The normalized spacial score (nSPS) is 17.1. The average Bonchev–Trinajstić information content (AvgIpc) is 3.21. The summed E-state index contributed by atoms with van der Waals surface area (Å²) in [6.45, 7) is 4.74. The van der Waals surface area contributed by atoms with Crippen LogP contribution in [0.15, 0.2) is 85.1 Å². The molecule has 3 aromatic carbocycles. The summed E-state index contributed by atoms with van der Waals surface area (Å²) < 4.78 is 73.4. The lowest BCUT2D eigenvalue weighted by molar-refractivity contribution is -0.274. The topological polar surface area (TPSA) is 178 Å². The van der Waals surface area contributed by atoms with E-state index in [-0.39, 0.29) is 49.3 Å². The molecule has 328 valence electrons. The Hall–Kier alpha value is -5.78. The van der Waals surface area contributed by atoms with Crippen molar-refractivity contribution in [3.63, 3.8) is 0 Å². The number of alkyl carbamates (subject to hydrolysis) is 1. The van der Waals surface area contributed by atoms with Gasteiger partial charge >= 0.3 is 12.5 Å². The zero-order valence-corrected chi connectivity index (χ0v) is 34.3. The molecule has 17 heteroatoms. The molecule has 0 saturated heterocycles. The number of methoxy groups -OCH3 is 2. The molecule has 0 unspecified atom stereocenters. The van der Waals surface area contributed by atoms with Gasteiger partial charge in [-0.2, -0.15) is 0 Å². The molecule has 61 heavy (non-hydrogen) atoms. The molecule has 1 aliphatic heterocycles. The maximum Gasteiger partial charge on any atom is 0.573 e. The van der Waals surface area contributed by atoms with Crippen molar-refractivity contribution in [3.8, 4) is 28.5 Å². The summed E-state index contributed by atoms with van der Waals surface area (Å²) in [4.78, 5) is 44.4. The van der Waals surface area contributed by atoms with Crippen LogP contribution in [-0.4, -0.2) is 91.0 Å². The number of aromatic nitrogens is 1. The molecular formula is C44H50F4N4O9. The number of hydrogen-bond acceptors (Lipinski definition) is 11. The Bertz CT molecular complexity index is 2110. The molecule has 2 amide bonds. The maximum absolute atomic E-state index is 14.4. The summed E-state index contributed by atoms with van der Waals surface area (Å²) in [5.74, 6) is -2.75. The Morgan fingerprint density at radius 1 is 0.934 bits per heavy atom. The molecule has 6 atom stereocenters. The Morgan fingerprint density at radius 2 is 1.66 bits per heavy atom. The molecule has 5 N–H and O–H groups in total. The minimum Gasteiger partial charge on any atom is -0.490 e. The van der Waals surface area contributed by atoms with Crippen LogP contribution in [0.25, 0.3) is 11.1 Å². The highest BCUT2D eigenvalue weighted by Crippen LogP contribution is 2.34. The molecule has 5 rings (SSSR count). The monoisotopic (exact) mass is 854 g/mol. The van der Waals surface area contributed by atoms with Crippen LogP contribution in [0.2, 0.25) is 0 Å². The van der Waals surface area contributed by atoms with Crippen LogP contribution in [-0.2, 0) is 27.2 Å². The lowest BCUT2D eigenvalue weighted by atomic mass is 9.84. The minimum atomic E-state index is -4.98. The van der Waals surface area contributed by atoms with E-state index >= 15 is 0 Å². The summed E-state index contributed by atoms with van der Waals surface area (Å²) in [6.07, 6.45) is -7.16.